The predicted molar refractivity (Wildman–Crippen MR) is 86.0 cm³/mol. The first-order valence-corrected chi connectivity index (χ1v) is 8.50. The molecule has 0 aromatic heterocycles. The molecule has 140 valence electrons. The summed E-state index contributed by atoms with van der Waals surface area (Å²) in [5.41, 5.74) is 0. The summed E-state index contributed by atoms with van der Waals surface area (Å²) in [5.74, 6) is -7.05. The van der Waals surface area contributed by atoms with Crippen LogP contribution in [0.25, 0.3) is 0 Å². The Bertz CT molecular complexity index is 592. The standard InChI is InChI=1S/2C9H10O4/c2*10-8(11)6-4-1-2-5(3-4)7(6)9(12)13/h2*1-2,4-7H,3H2,(H,10,11)(H,12,13). The summed E-state index contributed by atoms with van der Waals surface area (Å²) in [6, 6.07) is 0. The molecule has 0 aliphatic heterocycles. The molecule has 4 aliphatic rings. The fourth-order valence-electron chi connectivity index (χ4n) is 4.99. The molecule has 0 heterocycles. The molecule has 0 radical (unpaired) electrons. The third-order valence-corrected chi connectivity index (χ3v) is 6.06. The number of allylic oxidation sites excluding steroid dienone is 4. The first-order chi connectivity index (χ1) is 12.2. The van der Waals surface area contributed by atoms with Crippen molar-refractivity contribution in [2.24, 2.45) is 47.3 Å². The highest BCUT2D eigenvalue weighted by atomic mass is 16.4. The van der Waals surface area contributed by atoms with Gasteiger partial charge in [0, 0.05) is 0 Å². The van der Waals surface area contributed by atoms with Crippen molar-refractivity contribution in [3.8, 4) is 0 Å². The average molecular weight is 364 g/mol. The van der Waals surface area contributed by atoms with E-state index >= 15 is 0 Å². The van der Waals surface area contributed by atoms with Gasteiger partial charge < -0.3 is 20.4 Å². The van der Waals surface area contributed by atoms with Gasteiger partial charge in [-0.05, 0) is 36.5 Å². The molecule has 0 amide bonds. The predicted octanol–water partition coefficient (Wildman–Crippen LogP) is 1.19. The number of carboxylic acid groups (broad SMARTS) is 4. The highest BCUT2D eigenvalue weighted by molar-refractivity contribution is 5.83. The van der Waals surface area contributed by atoms with Gasteiger partial charge >= 0.3 is 23.9 Å². The van der Waals surface area contributed by atoms with Crippen molar-refractivity contribution >= 4 is 23.9 Å². The molecule has 4 N–H and O–H groups in total. The minimum atomic E-state index is -0.982. The van der Waals surface area contributed by atoms with Crippen LogP contribution in [0.5, 0.6) is 0 Å². The average Bonchev–Trinajstić information content (AvgIpc) is 3.32. The van der Waals surface area contributed by atoms with Gasteiger partial charge in [-0.2, -0.15) is 0 Å². The zero-order valence-corrected chi connectivity index (χ0v) is 13.8. The zero-order chi connectivity index (χ0) is 19.2. The van der Waals surface area contributed by atoms with Gasteiger partial charge in [0.15, 0.2) is 0 Å². The zero-order valence-electron chi connectivity index (χ0n) is 13.8. The van der Waals surface area contributed by atoms with Crippen LogP contribution < -0.4 is 0 Å². The van der Waals surface area contributed by atoms with Crippen LogP contribution in [-0.4, -0.2) is 44.3 Å². The molecule has 4 rings (SSSR count). The maximum absolute atomic E-state index is 10.8. The maximum Gasteiger partial charge on any atom is 0.307 e. The van der Waals surface area contributed by atoms with Crippen LogP contribution in [0.3, 0.4) is 0 Å². The fourth-order valence-corrected chi connectivity index (χ4v) is 4.99. The minimum absolute atomic E-state index is 0.0661. The van der Waals surface area contributed by atoms with Crippen molar-refractivity contribution < 1.29 is 39.6 Å². The second-order valence-corrected chi connectivity index (χ2v) is 7.35. The van der Waals surface area contributed by atoms with Crippen molar-refractivity contribution in [1.82, 2.24) is 0 Å². The molecule has 0 saturated heterocycles. The lowest BCUT2D eigenvalue weighted by Gasteiger charge is -2.20. The van der Waals surface area contributed by atoms with Gasteiger partial charge in [0.2, 0.25) is 0 Å². The summed E-state index contributed by atoms with van der Waals surface area (Å²) in [6.45, 7) is 0. The van der Waals surface area contributed by atoms with Gasteiger partial charge in [0.05, 0.1) is 23.7 Å². The van der Waals surface area contributed by atoms with E-state index in [4.69, 9.17) is 20.4 Å². The van der Waals surface area contributed by atoms with Crippen LogP contribution in [0.15, 0.2) is 24.3 Å². The Kier molecular flexibility index (Phi) is 4.60. The van der Waals surface area contributed by atoms with E-state index in [0.29, 0.717) is 12.8 Å². The summed E-state index contributed by atoms with van der Waals surface area (Å²) in [7, 11) is 0. The Morgan fingerprint density at radius 2 is 0.692 bits per heavy atom. The number of carbonyl (C=O) groups is 4. The molecule has 4 bridgehead atoms. The van der Waals surface area contributed by atoms with E-state index in [0.717, 1.165) is 0 Å². The molecule has 0 spiro atoms. The molecule has 4 aliphatic carbocycles. The number of hydrogen-bond donors (Lipinski definition) is 4. The van der Waals surface area contributed by atoms with Gasteiger partial charge in [-0.3, -0.25) is 19.2 Å². The normalized spacial score (nSPS) is 40.9. The van der Waals surface area contributed by atoms with Crippen molar-refractivity contribution in [3.05, 3.63) is 24.3 Å². The van der Waals surface area contributed by atoms with Crippen molar-refractivity contribution in [2.45, 2.75) is 12.8 Å². The van der Waals surface area contributed by atoms with E-state index in [1.807, 2.05) is 24.3 Å². The Morgan fingerprint density at radius 1 is 0.500 bits per heavy atom. The highest BCUT2D eigenvalue weighted by Gasteiger charge is 2.52. The Morgan fingerprint density at radius 3 is 0.846 bits per heavy atom. The second kappa shape index (κ2) is 6.59. The van der Waals surface area contributed by atoms with E-state index in [1.165, 1.54) is 0 Å². The van der Waals surface area contributed by atoms with Crippen molar-refractivity contribution in [1.29, 1.82) is 0 Å². The molecule has 0 aromatic carbocycles. The van der Waals surface area contributed by atoms with Gasteiger partial charge in [0.25, 0.3) is 0 Å². The molecular weight excluding hydrogens is 344 g/mol. The number of rotatable bonds is 4. The number of hydrogen-bond acceptors (Lipinski definition) is 4. The lowest BCUT2D eigenvalue weighted by atomic mass is 9.83. The van der Waals surface area contributed by atoms with Crippen LogP contribution in [-0.2, 0) is 19.2 Å². The number of aliphatic carboxylic acids is 4. The molecule has 8 unspecified atom stereocenters. The molecule has 26 heavy (non-hydrogen) atoms. The lowest BCUT2D eigenvalue weighted by Crippen LogP contribution is -2.32. The van der Waals surface area contributed by atoms with E-state index < -0.39 is 47.5 Å². The van der Waals surface area contributed by atoms with Crippen LogP contribution in [0.4, 0.5) is 0 Å². The summed E-state index contributed by atoms with van der Waals surface area (Å²) >= 11 is 0. The Balaban J connectivity index is 0.000000151. The first-order valence-electron chi connectivity index (χ1n) is 8.50. The smallest absolute Gasteiger partial charge is 0.307 e. The fraction of sp³-hybridized carbons (Fsp3) is 0.556. The van der Waals surface area contributed by atoms with Crippen LogP contribution >= 0.6 is 0 Å². The lowest BCUT2D eigenvalue weighted by molar-refractivity contribution is -0.154. The summed E-state index contributed by atoms with van der Waals surface area (Å²) in [6.07, 6.45) is 8.72. The van der Waals surface area contributed by atoms with Gasteiger partial charge in [-0.1, -0.05) is 24.3 Å². The molecule has 2 fully saturated rings. The largest absolute Gasteiger partial charge is 0.481 e. The van der Waals surface area contributed by atoms with Gasteiger partial charge in [0.1, 0.15) is 0 Å². The summed E-state index contributed by atoms with van der Waals surface area (Å²) in [4.78, 5) is 43.2. The number of fused-ring (bicyclic) bond motifs is 4. The third-order valence-electron chi connectivity index (χ3n) is 6.06. The molecule has 8 heteroatoms. The number of carboxylic acids is 4. The molecular formula is C18H20O8. The Hall–Kier alpha value is -2.64. The first kappa shape index (κ1) is 18.2. The summed E-state index contributed by atoms with van der Waals surface area (Å²) in [5, 5.41) is 35.4. The van der Waals surface area contributed by atoms with Crippen LogP contribution in [0.1, 0.15) is 12.8 Å². The maximum atomic E-state index is 10.8. The van der Waals surface area contributed by atoms with Crippen molar-refractivity contribution in [3.63, 3.8) is 0 Å². The summed E-state index contributed by atoms with van der Waals surface area (Å²) < 4.78 is 0. The quantitative estimate of drug-likeness (QED) is 0.543. The SMILES string of the molecule is O=C(O)C1C2C=CC(C2)C1C(=O)O.O=C(O)C1C2C=CC(C2)C1C(=O)O. The third kappa shape index (κ3) is 2.89. The van der Waals surface area contributed by atoms with Crippen molar-refractivity contribution in [2.75, 3.05) is 0 Å². The molecule has 8 nitrogen and oxygen atoms in total. The molecule has 8 atom stereocenters. The Labute approximate surface area is 148 Å². The van der Waals surface area contributed by atoms with E-state index in [-0.39, 0.29) is 23.7 Å². The minimum Gasteiger partial charge on any atom is -0.481 e. The highest BCUT2D eigenvalue weighted by Crippen LogP contribution is 2.48. The molecule has 0 aromatic rings. The topological polar surface area (TPSA) is 149 Å². The van der Waals surface area contributed by atoms with Crippen LogP contribution in [0, 0.1) is 47.3 Å². The monoisotopic (exact) mass is 364 g/mol. The second-order valence-electron chi connectivity index (χ2n) is 7.35. The van der Waals surface area contributed by atoms with Gasteiger partial charge in [-0.25, -0.2) is 0 Å². The van der Waals surface area contributed by atoms with Gasteiger partial charge in [-0.15, -0.1) is 0 Å². The molecule has 2 saturated carbocycles. The van der Waals surface area contributed by atoms with E-state index in [9.17, 15) is 19.2 Å². The van der Waals surface area contributed by atoms with Crippen LogP contribution in [0.2, 0.25) is 0 Å². The van der Waals surface area contributed by atoms with E-state index in [1.54, 1.807) is 0 Å². The van der Waals surface area contributed by atoms with E-state index in [2.05, 4.69) is 0 Å².